The maximum absolute atomic E-state index is 12.9. The Hall–Kier alpha value is -2.36. The molecule has 0 fully saturated rings. The van der Waals surface area contributed by atoms with Gasteiger partial charge in [0.1, 0.15) is 11.6 Å². The lowest BCUT2D eigenvalue weighted by Crippen LogP contribution is -2.37. The number of aryl methyl sites for hydroxylation is 3. The van der Waals surface area contributed by atoms with Crippen molar-refractivity contribution < 1.29 is 13.9 Å². The first-order valence-electron chi connectivity index (χ1n) is 9.42. The number of halogens is 1. The fourth-order valence-electron chi connectivity index (χ4n) is 3.34. The molecule has 138 valence electrons. The van der Waals surface area contributed by atoms with Crippen LogP contribution in [0, 0.1) is 5.82 Å². The molecule has 0 saturated carbocycles. The molecule has 1 N–H and O–H groups in total. The lowest BCUT2D eigenvalue weighted by molar-refractivity contribution is -0.127. The van der Waals surface area contributed by atoms with Gasteiger partial charge in [-0.3, -0.25) is 4.79 Å². The van der Waals surface area contributed by atoms with E-state index in [2.05, 4.69) is 17.4 Å². The van der Waals surface area contributed by atoms with Crippen LogP contribution < -0.4 is 10.1 Å². The van der Waals surface area contributed by atoms with Gasteiger partial charge in [0.15, 0.2) is 6.10 Å². The summed E-state index contributed by atoms with van der Waals surface area (Å²) in [7, 11) is 0. The van der Waals surface area contributed by atoms with Crippen molar-refractivity contribution in [1.82, 2.24) is 5.32 Å². The van der Waals surface area contributed by atoms with E-state index < -0.39 is 6.10 Å². The molecule has 0 saturated heterocycles. The van der Waals surface area contributed by atoms with Gasteiger partial charge in [0, 0.05) is 6.54 Å². The van der Waals surface area contributed by atoms with Gasteiger partial charge in [-0.2, -0.15) is 0 Å². The van der Waals surface area contributed by atoms with E-state index in [1.165, 1.54) is 36.1 Å². The number of amides is 1. The summed E-state index contributed by atoms with van der Waals surface area (Å²) in [6, 6.07) is 12.6. The minimum atomic E-state index is -0.525. The van der Waals surface area contributed by atoms with E-state index in [-0.39, 0.29) is 11.7 Å². The molecular weight excluding hydrogens is 329 g/mol. The zero-order valence-corrected chi connectivity index (χ0v) is 15.3. The molecule has 0 heterocycles. The molecule has 1 unspecified atom stereocenters. The fraction of sp³-hybridized carbons (Fsp3) is 0.409. The predicted molar refractivity (Wildman–Crippen MR) is 101 cm³/mol. The number of rotatable bonds is 7. The number of carbonyl (C=O) groups excluding carboxylic acids is 1. The van der Waals surface area contributed by atoms with Crippen molar-refractivity contribution >= 4 is 5.91 Å². The average Bonchev–Trinajstić information content (AvgIpc) is 2.66. The highest BCUT2D eigenvalue weighted by molar-refractivity contribution is 5.80. The Morgan fingerprint density at radius 1 is 1.12 bits per heavy atom. The van der Waals surface area contributed by atoms with E-state index >= 15 is 0 Å². The Labute approximate surface area is 154 Å². The standard InChI is InChI=1S/C22H26FNO2/c1-16(26-21-13-10-18-6-2-3-7-19(18)15-21)22(25)24-14-4-5-17-8-11-20(23)12-9-17/h8-13,15-16H,2-7,14H2,1H3,(H,24,25). The topological polar surface area (TPSA) is 38.3 Å². The first-order valence-corrected chi connectivity index (χ1v) is 9.42. The summed E-state index contributed by atoms with van der Waals surface area (Å²) in [4.78, 5) is 12.2. The summed E-state index contributed by atoms with van der Waals surface area (Å²) in [6.45, 7) is 2.35. The summed E-state index contributed by atoms with van der Waals surface area (Å²) in [5.41, 5.74) is 3.82. The highest BCUT2D eigenvalue weighted by Crippen LogP contribution is 2.25. The van der Waals surface area contributed by atoms with E-state index in [0.717, 1.165) is 37.0 Å². The molecule has 0 bridgehead atoms. The molecule has 3 rings (SSSR count). The van der Waals surface area contributed by atoms with Crippen LogP contribution in [0.4, 0.5) is 4.39 Å². The maximum Gasteiger partial charge on any atom is 0.260 e. The molecule has 1 atom stereocenters. The highest BCUT2D eigenvalue weighted by Gasteiger charge is 2.16. The smallest absolute Gasteiger partial charge is 0.260 e. The Morgan fingerprint density at radius 2 is 1.85 bits per heavy atom. The van der Waals surface area contributed by atoms with Crippen molar-refractivity contribution in [2.75, 3.05) is 6.54 Å². The first kappa shape index (κ1) is 18.4. The molecule has 0 aromatic heterocycles. The molecule has 26 heavy (non-hydrogen) atoms. The number of carbonyl (C=O) groups is 1. The van der Waals surface area contributed by atoms with Crippen LogP contribution >= 0.6 is 0 Å². The second kappa shape index (κ2) is 8.84. The van der Waals surface area contributed by atoms with Crippen LogP contribution in [0.25, 0.3) is 0 Å². The Balaban J connectivity index is 1.42. The normalized spacial score (nSPS) is 14.4. The van der Waals surface area contributed by atoms with Crippen LogP contribution in [0.2, 0.25) is 0 Å². The Kier molecular flexibility index (Phi) is 6.26. The van der Waals surface area contributed by atoms with Crippen LogP contribution in [0.3, 0.4) is 0 Å². The number of hydrogen-bond donors (Lipinski definition) is 1. The molecule has 4 heteroatoms. The van der Waals surface area contributed by atoms with Gasteiger partial charge in [-0.15, -0.1) is 0 Å². The largest absolute Gasteiger partial charge is 0.481 e. The van der Waals surface area contributed by atoms with Gasteiger partial charge in [-0.1, -0.05) is 18.2 Å². The van der Waals surface area contributed by atoms with Crippen LogP contribution in [-0.2, 0) is 24.1 Å². The maximum atomic E-state index is 12.9. The third-order valence-electron chi connectivity index (χ3n) is 4.86. The Morgan fingerprint density at radius 3 is 2.62 bits per heavy atom. The van der Waals surface area contributed by atoms with E-state index in [0.29, 0.717) is 6.54 Å². The van der Waals surface area contributed by atoms with Crippen LogP contribution in [0.1, 0.15) is 42.9 Å². The van der Waals surface area contributed by atoms with Crippen molar-refractivity contribution in [3.8, 4) is 5.75 Å². The molecular formula is C22H26FNO2. The van der Waals surface area contributed by atoms with Crippen molar-refractivity contribution in [1.29, 1.82) is 0 Å². The third-order valence-corrected chi connectivity index (χ3v) is 4.86. The van der Waals surface area contributed by atoms with Gasteiger partial charge in [0.2, 0.25) is 0 Å². The van der Waals surface area contributed by atoms with Crippen LogP contribution in [-0.4, -0.2) is 18.6 Å². The van der Waals surface area contributed by atoms with E-state index in [1.807, 2.05) is 6.07 Å². The minimum absolute atomic E-state index is 0.109. The second-order valence-corrected chi connectivity index (χ2v) is 6.92. The number of fused-ring (bicyclic) bond motifs is 1. The molecule has 2 aromatic carbocycles. The molecule has 2 aromatic rings. The first-order chi connectivity index (χ1) is 12.6. The summed E-state index contributed by atoms with van der Waals surface area (Å²) >= 11 is 0. The van der Waals surface area contributed by atoms with Crippen molar-refractivity contribution in [3.63, 3.8) is 0 Å². The van der Waals surface area contributed by atoms with Crippen LogP contribution in [0.5, 0.6) is 5.75 Å². The van der Waals surface area contributed by atoms with Gasteiger partial charge in [-0.25, -0.2) is 4.39 Å². The quantitative estimate of drug-likeness (QED) is 0.755. The van der Waals surface area contributed by atoms with Gasteiger partial charge >= 0.3 is 0 Å². The highest BCUT2D eigenvalue weighted by atomic mass is 19.1. The lowest BCUT2D eigenvalue weighted by Gasteiger charge is -2.19. The summed E-state index contributed by atoms with van der Waals surface area (Å²) in [6.07, 6.45) is 5.80. The van der Waals surface area contributed by atoms with Crippen molar-refractivity contribution in [2.24, 2.45) is 0 Å². The van der Waals surface area contributed by atoms with Crippen molar-refractivity contribution in [2.45, 2.75) is 51.6 Å². The predicted octanol–water partition coefficient (Wildman–Crippen LogP) is 4.22. The molecule has 0 spiro atoms. The van der Waals surface area contributed by atoms with Gasteiger partial charge in [0.25, 0.3) is 5.91 Å². The summed E-state index contributed by atoms with van der Waals surface area (Å²) in [5.74, 6) is 0.427. The zero-order chi connectivity index (χ0) is 18.4. The summed E-state index contributed by atoms with van der Waals surface area (Å²) in [5, 5.41) is 2.91. The summed E-state index contributed by atoms with van der Waals surface area (Å²) < 4.78 is 18.7. The van der Waals surface area contributed by atoms with E-state index in [1.54, 1.807) is 19.1 Å². The second-order valence-electron chi connectivity index (χ2n) is 6.92. The van der Waals surface area contributed by atoms with Gasteiger partial charge < -0.3 is 10.1 Å². The van der Waals surface area contributed by atoms with E-state index in [9.17, 15) is 9.18 Å². The molecule has 3 nitrogen and oxygen atoms in total. The lowest BCUT2D eigenvalue weighted by atomic mass is 9.92. The van der Waals surface area contributed by atoms with Crippen molar-refractivity contribution in [3.05, 3.63) is 65.0 Å². The minimum Gasteiger partial charge on any atom is -0.481 e. The number of hydrogen-bond acceptors (Lipinski definition) is 2. The monoisotopic (exact) mass is 355 g/mol. The third kappa shape index (κ3) is 5.07. The zero-order valence-electron chi connectivity index (χ0n) is 15.3. The average molecular weight is 355 g/mol. The van der Waals surface area contributed by atoms with Crippen LogP contribution in [0.15, 0.2) is 42.5 Å². The van der Waals surface area contributed by atoms with E-state index in [4.69, 9.17) is 4.74 Å². The fourth-order valence-corrected chi connectivity index (χ4v) is 3.34. The number of nitrogens with one attached hydrogen (secondary N) is 1. The number of ether oxygens (including phenoxy) is 1. The van der Waals surface area contributed by atoms with Gasteiger partial charge in [-0.05, 0) is 86.4 Å². The molecule has 0 aliphatic heterocycles. The van der Waals surface area contributed by atoms with Gasteiger partial charge in [0.05, 0.1) is 0 Å². The molecule has 1 aliphatic carbocycles. The molecule has 0 radical (unpaired) electrons. The Bertz CT molecular complexity index is 742. The molecule has 1 amide bonds. The molecule has 1 aliphatic rings. The number of benzene rings is 2. The SMILES string of the molecule is CC(Oc1ccc2c(c1)CCCC2)C(=O)NCCCc1ccc(F)cc1.